The second-order valence-electron chi connectivity index (χ2n) is 6.87. The third-order valence-electron chi connectivity index (χ3n) is 3.29. The molecule has 0 saturated carbocycles. The third kappa shape index (κ3) is 7.40. The maximum absolute atomic E-state index is 12.0. The van der Waals surface area contributed by atoms with E-state index in [1.54, 1.807) is 45.0 Å². The van der Waals surface area contributed by atoms with Gasteiger partial charge in [-0.05, 0) is 38.5 Å². The Bertz CT molecular complexity index is 816. The molecule has 148 valence electrons. The third-order valence-corrected chi connectivity index (χ3v) is 3.29. The normalized spacial score (nSPS) is 10.7. The lowest BCUT2D eigenvalue weighted by Crippen LogP contribution is -2.39. The van der Waals surface area contributed by atoms with E-state index >= 15 is 0 Å². The van der Waals surface area contributed by atoms with Gasteiger partial charge in [0, 0.05) is 24.6 Å². The molecule has 0 atom stereocenters. The molecule has 28 heavy (non-hydrogen) atoms. The molecule has 0 bridgehead atoms. The smallest absolute Gasteiger partial charge is 0.408 e. The summed E-state index contributed by atoms with van der Waals surface area (Å²) < 4.78 is 5.05. The molecule has 0 radical (unpaired) electrons. The van der Waals surface area contributed by atoms with Gasteiger partial charge >= 0.3 is 6.09 Å². The van der Waals surface area contributed by atoms with E-state index in [-0.39, 0.29) is 30.6 Å². The second-order valence-corrected chi connectivity index (χ2v) is 6.87. The van der Waals surface area contributed by atoms with Crippen LogP contribution in [-0.4, -0.2) is 40.0 Å². The highest BCUT2D eigenvalue weighted by Crippen LogP contribution is 2.10. The van der Waals surface area contributed by atoms with Crippen molar-refractivity contribution in [3.05, 3.63) is 54.1 Å². The van der Waals surface area contributed by atoms with Crippen molar-refractivity contribution in [2.75, 3.05) is 11.9 Å². The van der Waals surface area contributed by atoms with E-state index in [1.807, 2.05) is 0 Å². The number of benzene rings is 1. The minimum Gasteiger partial charge on any atom is -0.444 e. The van der Waals surface area contributed by atoms with E-state index in [4.69, 9.17) is 4.74 Å². The van der Waals surface area contributed by atoms with Gasteiger partial charge in [-0.2, -0.15) is 0 Å². The molecule has 1 aromatic heterocycles. The minimum atomic E-state index is -0.647. The van der Waals surface area contributed by atoms with Crippen LogP contribution in [0.1, 0.15) is 36.8 Å². The fourth-order valence-electron chi connectivity index (χ4n) is 2.05. The van der Waals surface area contributed by atoms with E-state index in [0.717, 1.165) is 5.56 Å². The number of hydrogen-bond donors (Lipinski definition) is 3. The Hall–Kier alpha value is -3.49. The molecule has 0 unspecified atom stereocenters. The van der Waals surface area contributed by atoms with Crippen molar-refractivity contribution >= 4 is 23.6 Å². The lowest BCUT2D eigenvalue weighted by molar-refractivity contribution is -0.120. The van der Waals surface area contributed by atoms with Gasteiger partial charge in [0.15, 0.2) is 0 Å². The van der Waals surface area contributed by atoms with Crippen LogP contribution < -0.4 is 16.0 Å². The summed E-state index contributed by atoms with van der Waals surface area (Å²) in [5, 5.41) is 7.79. The van der Waals surface area contributed by atoms with Crippen molar-refractivity contribution in [1.82, 2.24) is 20.6 Å². The zero-order valence-corrected chi connectivity index (χ0v) is 16.0. The fraction of sp³-hybridized carbons (Fsp3) is 0.316. The highest BCUT2D eigenvalue weighted by molar-refractivity contribution is 6.02. The Morgan fingerprint density at radius 2 is 1.75 bits per heavy atom. The summed E-state index contributed by atoms with van der Waals surface area (Å²) in [6.07, 6.45) is 3.66. The van der Waals surface area contributed by atoms with Gasteiger partial charge in [-0.3, -0.25) is 14.6 Å². The van der Waals surface area contributed by atoms with E-state index < -0.39 is 11.7 Å². The Labute approximate surface area is 162 Å². The van der Waals surface area contributed by atoms with Crippen LogP contribution in [0.25, 0.3) is 0 Å². The summed E-state index contributed by atoms with van der Waals surface area (Å²) in [6.45, 7) is 5.33. The number of carbonyl (C=O) groups is 3. The van der Waals surface area contributed by atoms with Crippen LogP contribution >= 0.6 is 0 Å². The maximum Gasteiger partial charge on any atom is 0.408 e. The summed E-state index contributed by atoms with van der Waals surface area (Å²) in [4.78, 5) is 43.1. The van der Waals surface area contributed by atoms with Crippen molar-refractivity contribution < 1.29 is 19.1 Å². The number of anilines is 1. The Balaban J connectivity index is 1.75. The molecule has 0 aliphatic carbocycles. The van der Waals surface area contributed by atoms with Crippen molar-refractivity contribution in [1.29, 1.82) is 0 Å². The number of carbonyl (C=O) groups excluding carboxylic acids is 3. The first-order valence-corrected chi connectivity index (χ1v) is 8.63. The zero-order chi connectivity index (χ0) is 20.6. The van der Waals surface area contributed by atoms with E-state index in [1.165, 1.54) is 18.6 Å². The van der Waals surface area contributed by atoms with Gasteiger partial charge in [0.1, 0.15) is 17.8 Å². The first kappa shape index (κ1) is 20.8. The van der Waals surface area contributed by atoms with Crippen molar-refractivity contribution in [3.8, 4) is 0 Å². The van der Waals surface area contributed by atoms with Crippen LogP contribution in [0.4, 0.5) is 10.5 Å². The molecule has 2 rings (SSSR count). The molecule has 9 nitrogen and oxygen atoms in total. The largest absolute Gasteiger partial charge is 0.444 e. The van der Waals surface area contributed by atoms with Gasteiger partial charge in [-0.15, -0.1) is 0 Å². The van der Waals surface area contributed by atoms with Crippen LogP contribution in [0, 0.1) is 0 Å². The topological polar surface area (TPSA) is 122 Å². The highest BCUT2D eigenvalue weighted by Gasteiger charge is 2.16. The van der Waals surface area contributed by atoms with Crippen molar-refractivity contribution in [2.24, 2.45) is 0 Å². The average molecular weight is 385 g/mol. The highest BCUT2D eigenvalue weighted by atomic mass is 16.6. The van der Waals surface area contributed by atoms with Crippen LogP contribution in [0.2, 0.25) is 0 Å². The number of nitrogens with one attached hydrogen (secondary N) is 3. The molecular formula is C19H23N5O4. The molecule has 1 aromatic carbocycles. The molecule has 0 aliphatic heterocycles. The Kier molecular flexibility index (Phi) is 7.02. The first-order chi connectivity index (χ1) is 13.2. The average Bonchev–Trinajstić information content (AvgIpc) is 2.65. The summed E-state index contributed by atoms with van der Waals surface area (Å²) in [6, 6.07) is 6.98. The molecule has 3 N–H and O–H groups in total. The predicted molar refractivity (Wildman–Crippen MR) is 103 cm³/mol. The van der Waals surface area contributed by atoms with Gasteiger partial charge in [-0.1, -0.05) is 12.1 Å². The number of nitrogens with zero attached hydrogens (tertiary/aromatic N) is 2. The number of rotatable bonds is 6. The molecule has 0 saturated heterocycles. The van der Waals surface area contributed by atoms with E-state index in [2.05, 4.69) is 25.9 Å². The monoisotopic (exact) mass is 385 g/mol. The standard InChI is InChI=1S/C19H23N5O4/c1-19(2,3)28-18(27)23-12-16(25)22-10-13-4-6-14(7-5-13)24-17(26)15-11-20-8-9-21-15/h4-9,11H,10,12H2,1-3H3,(H,22,25)(H,23,27)(H,24,26). The van der Waals surface area contributed by atoms with Gasteiger partial charge in [0.25, 0.3) is 5.91 Å². The van der Waals surface area contributed by atoms with Crippen LogP contribution in [0.5, 0.6) is 0 Å². The maximum atomic E-state index is 12.0. The Morgan fingerprint density at radius 3 is 2.36 bits per heavy atom. The summed E-state index contributed by atoms with van der Waals surface area (Å²) in [7, 11) is 0. The van der Waals surface area contributed by atoms with E-state index in [9.17, 15) is 14.4 Å². The van der Waals surface area contributed by atoms with Gasteiger partial charge in [0.2, 0.25) is 5.91 Å². The predicted octanol–water partition coefficient (Wildman–Crippen LogP) is 1.87. The molecule has 3 amide bonds. The molecule has 9 heteroatoms. The number of alkyl carbamates (subject to hydrolysis) is 1. The van der Waals surface area contributed by atoms with Crippen molar-refractivity contribution in [2.45, 2.75) is 32.9 Å². The number of aromatic nitrogens is 2. The minimum absolute atomic E-state index is 0.179. The lowest BCUT2D eigenvalue weighted by Gasteiger charge is -2.19. The molecule has 0 aliphatic rings. The van der Waals surface area contributed by atoms with E-state index in [0.29, 0.717) is 5.69 Å². The SMILES string of the molecule is CC(C)(C)OC(=O)NCC(=O)NCc1ccc(NC(=O)c2cnccn2)cc1. The zero-order valence-electron chi connectivity index (χ0n) is 16.0. The summed E-state index contributed by atoms with van der Waals surface area (Å²) >= 11 is 0. The number of hydrogen-bond acceptors (Lipinski definition) is 6. The van der Waals surface area contributed by atoms with Crippen LogP contribution in [0.3, 0.4) is 0 Å². The van der Waals surface area contributed by atoms with Crippen LogP contribution in [-0.2, 0) is 16.1 Å². The first-order valence-electron chi connectivity index (χ1n) is 8.63. The summed E-state index contributed by atoms with van der Waals surface area (Å²) in [5.41, 5.74) is 1.03. The Morgan fingerprint density at radius 1 is 1.04 bits per heavy atom. The summed E-state index contributed by atoms with van der Waals surface area (Å²) in [5.74, 6) is -0.701. The van der Waals surface area contributed by atoms with Gasteiger partial charge < -0.3 is 20.7 Å². The van der Waals surface area contributed by atoms with Gasteiger partial charge in [0.05, 0.1) is 6.20 Å². The molecular weight excluding hydrogens is 362 g/mol. The molecule has 1 heterocycles. The lowest BCUT2D eigenvalue weighted by atomic mass is 10.2. The van der Waals surface area contributed by atoms with Gasteiger partial charge in [-0.25, -0.2) is 9.78 Å². The molecule has 2 aromatic rings. The quantitative estimate of drug-likeness (QED) is 0.698. The fourth-order valence-corrected chi connectivity index (χ4v) is 2.05. The van der Waals surface area contributed by atoms with Crippen LogP contribution in [0.15, 0.2) is 42.9 Å². The second kappa shape index (κ2) is 9.45. The number of ether oxygens (including phenoxy) is 1. The molecule has 0 fully saturated rings. The number of amides is 3. The van der Waals surface area contributed by atoms with Crippen molar-refractivity contribution in [3.63, 3.8) is 0 Å². The molecule has 0 spiro atoms.